The summed E-state index contributed by atoms with van der Waals surface area (Å²) in [5.41, 5.74) is -1.98. The first kappa shape index (κ1) is 15.8. The Bertz CT molecular complexity index is 429. The first-order valence-corrected chi connectivity index (χ1v) is 9.84. The first-order valence-electron chi connectivity index (χ1n) is 6.34. The fraction of sp³-hybridized carbons (Fsp3) is 0.500. The molecule has 0 aromatic heterocycles. The van der Waals surface area contributed by atoms with E-state index in [-0.39, 0.29) is 18.7 Å². The first-order chi connectivity index (χ1) is 8.65. The summed E-state index contributed by atoms with van der Waals surface area (Å²) >= 11 is 0. The van der Waals surface area contributed by atoms with E-state index in [4.69, 9.17) is 0 Å². The summed E-state index contributed by atoms with van der Waals surface area (Å²) in [5.74, 6) is -0.274. The van der Waals surface area contributed by atoms with E-state index in [0.29, 0.717) is 0 Å². The number of alkyl halides is 2. The minimum atomic E-state index is -2.71. The van der Waals surface area contributed by atoms with Gasteiger partial charge in [-0.1, -0.05) is 37.8 Å². The fourth-order valence-corrected chi connectivity index (χ4v) is 2.48. The average Bonchev–Trinajstić information content (AvgIpc) is 2.35. The molecule has 0 saturated carbocycles. The molecular formula is C14H21F2NOSi. The van der Waals surface area contributed by atoms with Crippen molar-refractivity contribution in [2.24, 2.45) is 0 Å². The highest BCUT2D eigenvalue weighted by Crippen LogP contribution is 2.32. The molecule has 106 valence electrons. The van der Waals surface area contributed by atoms with Crippen LogP contribution in [0.5, 0.6) is 0 Å². The lowest BCUT2D eigenvalue weighted by atomic mass is 10.2. The zero-order chi connectivity index (χ0) is 14.7. The van der Waals surface area contributed by atoms with Crippen LogP contribution in [0.15, 0.2) is 30.3 Å². The van der Waals surface area contributed by atoms with Crippen molar-refractivity contribution in [3.8, 4) is 0 Å². The maximum atomic E-state index is 13.8. The van der Waals surface area contributed by atoms with Crippen molar-refractivity contribution in [2.75, 3.05) is 11.9 Å². The molecule has 1 aromatic carbocycles. The number of nitrogens with zero attached hydrogens (tertiary/aromatic N) is 1. The summed E-state index contributed by atoms with van der Waals surface area (Å²) in [6.45, 7) is 4.87. The van der Waals surface area contributed by atoms with E-state index in [1.54, 1.807) is 38.8 Å². The summed E-state index contributed by atoms with van der Waals surface area (Å²) < 4.78 is 27.7. The van der Waals surface area contributed by atoms with Crippen LogP contribution >= 0.6 is 0 Å². The Morgan fingerprint density at radius 2 is 1.74 bits per heavy atom. The van der Waals surface area contributed by atoms with Crippen molar-refractivity contribution in [3.63, 3.8) is 0 Å². The van der Waals surface area contributed by atoms with Crippen molar-refractivity contribution < 1.29 is 13.6 Å². The van der Waals surface area contributed by atoms with Crippen LogP contribution < -0.4 is 4.90 Å². The topological polar surface area (TPSA) is 20.3 Å². The Morgan fingerprint density at radius 1 is 1.21 bits per heavy atom. The number of halogens is 2. The second-order valence-corrected chi connectivity index (χ2v) is 11.0. The molecule has 1 amide bonds. The van der Waals surface area contributed by atoms with Crippen LogP contribution in [-0.2, 0) is 4.79 Å². The smallest absolute Gasteiger partial charge is 0.229 e. The monoisotopic (exact) mass is 285 g/mol. The van der Waals surface area contributed by atoms with Crippen LogP contribution in [0.4, 0.5) is 14.5 Å². The van der Waals surface area contributed by atoms with Gasteiger partial charge < -0.3 is 4.90 Å². The number of rotatable bonds is 5. The molecule has 1 aromatic rings. The summed E-state index contributed by atoms with van der Waals surface area (Å²) in [7, 11) is -0.954. The number of hydrogen-bond donors (Lipinski definition) is 0. The Balaban J connectivity index is 2.62. The molecule has 0 radical (unpaired) electrons. The van der Waals surface area contributed by atoms with Gasteiger partial charge >= 0.3 is 0 Å². The largest absolute Gasteiger partial charge is 0.316 e. The summed E-state index contributed by atoms with van der Waals surface area (Å²) in [4.78, 5) is 13.4. The molecule has 0 fully saturated rings. The van der Waals surface area contributed by atoms with Crippen molar-refractivity contribution in [3.05, 3.63) is 30.3 Å². The Hall–Kier alpha value is -1.23. The lowest BCUT2D eigenvalue weighted by Crippen LogP contribution is -2.45. The molecule has 0 bridgehead atoms. The molecule has 19 heavy (non-hydrogen) atoms. The van der Waals surface area contributed by atoms with Crippen molar-refractivity contribution >= 4 is 19.7 Å². The van der Waals surface area contributed by atoms with Gasteiger partial charge in [-0.3, -0.25) is 4.79 Å². The minimum absolute atomic E-state index is 0.122. The number of para-hydroxylation sites is 1. The zero-order valence-corrected chi connectivity index (χ0v) is 12.9. The average molecular weight is 285 g/mol. The van der Waals surface area contributed by atoms with Gasteiger partial charge in [0.25, 0.3) is 0 Å². The van der Waals surface area contributed by atoms with Crippen LogP contribution in [0.25, 0.3) is 0 Å². The quantitative estimate of drug-likeness (QED) is 0.750. The van der Waals surface area contributed by atoms with Gasteiger partial charge in [-0.2, -0.15) is 0 Å². The fourth-order valence-electron chi connectivity index (χ4n) is 1.60. The summed E-state index contributed by atoms with van der Waals surface area (Å²) in [5, 5.41) is 0. The molecule has 5 heteroatoms. The predicted octanol–water partition coefficient (Wildman–Crippen LogP) is 3.94. The molecule has 0 saturated heterocycles. The minimum Gasteiger partial charge on any atom is -0.316 e. The van der Waals surface area contributed by atoms with Crippen LogP contribution in [0.1, 0.15) is 12.8 Å². The number of carbonyl (C=O) groups is 1. The Labute approximate surface area is 114 Å². The van der Waals surface area contributed by atoms with Crippen LogP contribution in [0.2, 0.25) is 19.6 Å². The Kier molecular flexibility index (Phi) is 4.84. The van der Waals surface area contributed by atoms with Gasteiger partial charge in [-0.15, -0.1) is 0 Å². The van der Waals surface area contributed by atoms with E-state index in [1.165, 1.54) is 4.90 Å². The van der Waals surface area contributed by atoms with E-state index in [0.717, 1.165) is 5.69 Å². The molecule has 0 atom stereocenters. The van der Waals surface area contributed by atoms with Gasteiger partial charge in [0.1, 0.15) is 8.07 Å². The van der Waals surface area contributed by atoms with E-state index in [2.05, 4.69) is 0 Å². The normalized spacial score (nSPS) is 12.3. The maximum absolute atomic E-state index is 13.8. The summed E-state index contributed by atoms with van der Waals surface area (Å²) in [6, 6.07) is 9.05. The zero-order valence-electron chi connectivity index (χ0n) is 11.9. The lowest BCUT2D eigenvalue weighted by Gasteiger charge is -2.29. The predicted molar refractivity (Wildman–Crippen MR) is 77.4 cm³/mol. The van der Waals surface area contributed by atoms with E-state index in [1.807, 2.05) is 18.2 Å². The van der Waals surface area contributed by atoms with Gasteiger partial charge in [0.2, 0.25) is 11.5 Å². The van der Waals surface area contributed by atoms with Crippen LogP contribution in [-0.4, -0.2) is 26.6 Å². The molecule has 0 aliphatic rings. The second kappa shape index (κ2) is 5.82. The number of amides is 1. The third-order valence-corrected chi connectivity index (χ3v) is 5.71. The highest BCUT2D eigenvalue weighted by atomic mass is 28.3. The SMILES string of the molecule is CN(C(=O)CCC(F)(F)[Si](C)(C)C)c1ccccc1. The van der Waals surface area contributed by atoms with Gasteiger partial charge in [-0.25, -0.2) is 8.78 Å². The third-order valence-electron chi connectivity index (χ3n) is 3.27. The van der Waals surface area contributed by atoms with Crippen molar-refractivity contribution in [2.45, 2.75) is 38.0 Å². The van der Waals surface area contributed by atoms with Gasteiger partial charge in [0.15, 0.2) is 0 Å². The Morgan fingerprint density at radius 3 is 2.21 bits per heavy atom. The molecule has 0 aliphatic heterocycles. The van der Waals surface area contributed by atoms with Crippen molar-refractivity contribution in [1.29, 1.82) is 0 Å². The van der Waals surface area contributed by atoms with Gasteiger partial charge in [-0.05, 0) is 12.1 Å². The highest BCUT2D eigenvalue weighted by molar-refractivity contribution is 6.78. The van der Waals surface area contributed by atoms with E-state index < -0.39 is 13.6 Å². The maximum Gasteiger partial charge on any atom is 0.229 e. The number of carbonyl (C=O) groups excluding carboxylic acids is 1. The number of anilines is 1. The van der Waals surface area contributed by atoms with E-state index in [9.17, 15) is 13.6 Å². The van der Waals surface area contributed by atoms with Crippen molar-refractivity contribution in [1.82, 2.24) is 0 Å². The summed E-state index contributed by atoms with van der Waals surface area (Å²) in [6.07, 6.45) is -0.485. The second-order valence-electron chi connectivity index (χ2n) is 5.74. The van der Waals surface area contributed by atoms with Gasteiger partial charge in [0, 0.05) is 25.6 Å². The van der Waals surface area contributed by atoms with Crippen LogP contribution in [0, 0.1) is 0 Å². The molecule has 1 rings (SSSR count). The lowest BCUT2D eigenvalue weighted by molar-refractivity contribution is -0.119. The highest BCUT2D eigenvalue weighted by Gasteiger charge is 2.44. The van der Waals surface area contributed by atoms with Gasteiger partial charge in [0.05, 0.1) is 0 Å². The molecule has 0 N–H and O–H groups in total. The number of hydrogen-bond acceptors (Lipinski definition) is 1. The molecule has 0 aliphatic carbocycles. The molecule has 0 unspecified atom stereocenters. The molecular weight excluding hydrogens is 264 g/mol. The molecule has 0 heterocycles. The molecule has 0 spiro atoms. The standard InChI is InChI=1S/C14H21F2NOSi/c1-17(12-8-6-5-7-9-12)13(18)10-11-14(15,16)19(2,3)4/h5-9H,10-11H2,1-4H3. The third kappa shape index (κ3) is 4.13. The number of benzene rings is 1. The van der Waals surface area contributed by atoms with E-state index >= 15 is 0 Å². The van der Waals surface area contributed by atoms with Crippen LogP contribution in [0.3, 0.4) is 0 Å². The molecule has 2 nitrogen and oxygen atoms in total.